The molecule has 0 aromatic carbocycles. The highest BCUT2D eigenvalue weighted by atomic mass is 16.5. The summed E-state index contributed by atoms with van der Waals surface area (Å²) in [6, 6.07) is 0. The fraction of sp³-hybridized carbons (Fsp3) is 0.909. The number of nitrogens with one attached hydrogen (secondary N) is 1. The van der Waals surface area contributed by atoms with Crippen molar-refractivity contribution in [3.63, 3.8) is 0 Å². The maximum atomic E-state index is 11.7. The van der Waals surface area contributed by atoms with Crippen molar-refractivity contribution in [3.05, 3.63) is 0 Å². The van der Waals surface area contributed by atoms with Crippen LogP contribution in [0.4, 0.5) is 0 Å². The summed E-state index contributed by atoms with van der Waals surface area (Å²) in [4.78, 5) is 11.7. The van der Waals surface area contributed by atoms with E-state index >= 15 is 0 Å². The van der Waals surface area contributed by atoms with Crippen LogP contribution in [0.1, 0.15) is 40.0 Å². The van der Waals surface area contributed by atoms with E-state index in [0.717, 1.165) is 13.0 Å². The fourth-order valence-corrected chi connectivity index (χ4v) is 1.41. The molecule has 14 heavy (non-hydrogen) atoms. The summed E-state index contributed by atoms with van der Waals surface area (Å²) >= 11 is 0. The van der Waals surface area contributed by atoms with Crippen LogP contribution in [0.3, 0.4) is 0 Å². The van der Waals surface area contributed by atoms with Gasteiger partial charge in [-0.3, -0.25) is 4.79 Å². The molecule has 3 heteroatoms. The number of rotatable bonds is 5. The molecule has 0 unspecified atom stereocenters. The van der Waals surface area contributed by atoms with E-state index in [1.54, 1.807) is 21.0 Å². The molecule has 1 amide bonds. The van der Waals surface area contributed by atoms with Crippen LogP contribution in [-0.2, 0) is 9.53 Å². The van der Waals surface area contributed by atoms with Crippen molar-refractivity contribution in [3.8, 4) is 0 Å². The third-order valence-corrected chi connectivity index (χ3v) is 3.39. The average Bonchev–Trinajstić information content (AvgIpc) is 2.95. The molecule has 0 spiro atoms. The Kier molecular flexibility index (Phi) is 3.20. The average molecular weight is 199 g/mol. The molecule has 1 saturated carbocycles. The standard InChI is InChI=1S/C11H21NO2/c1-5-11(6-7-11)8-12-9(13)10(2,3)14-4/h5-8H2,1-4H3,(H,12,13). The van der Waals surface area contributed by atoms with Gasteiger partial charge in [0, 0.05) is 13.7 Å². The van der Waals surface area contributed by atoms with Crippen molar-refractivity contribution >= 4 is 5.91 Å². The van der Waals surface area contributed by atoms with Crippen LogP contribution in [-0.4, -0.2) is 25.2 Å². The number of hydrogen-bond donors (Lipinski definition) is 1. The molecule has 0 aliphatic heterocycles. The van der Waals surface area contributed by atoms with E-state index in [4.69, 9.17) is 4.74 Å². The second-order valence-corrected chi connectivity index (χ2v) is 4.75. The molecule has 0 saturated heterocycles. The number of amides is 1. The number of ether oxygens (including phenoxy) is 1. The molecule has 82 valence electrons. The first kappa shape index (κ1) is 11.5. The Morgan fingerprint density at radius 3 is 2.43 bits per heavy atom. The second kappa shape index (κ2) is 3.89. The van der Waals surface area contributed by atoms with Crippen LogP contribution < -0.4 is 5.32 Å². The maximum Gasteiger partial charge on any atom is 0.251 e. The summed E-state index contributed by atoms with van der Waals surface area (Å²) in [5.74, 6) is -0.0141. The lowest BCUT2D eigenvalue weighted by molar-refractivity contribution is -0.139. The molecular formula is C11H21NO2. The molecule has 3 nitrogen and oxygen atoms in total. The molecule has 0 radical (unpaired) electrons. The van der Waals surface area contributed by atoms with Crippen molar-refractivity contribution in [2.75, 3.05) is 13.7 Å². The highest BCUT2D eigenvalue weighted by molar-refractivity contribution is 5.84. The van der Waals surface area contributed by atoms with Crippen LogP contribution in [0, 0.1) is 5.41 Å². The topological polar surface area (TPSA) is 38.3 Å². The van der Waals surface area contributed by atoms with Gasteiger partial charge in [-0.1, -0.05) is 6.92 Å². The van der Waals surface area contributed by atoms with E-state index < -0.39 is 5.60 Å². The van der Waals surface area contributed by atoms with E-state index in [-0.39, 0.29) is 5.91 Å². The van der Waals surface area contributed by atoms with Crippen LogP contribution in [0.5, 0.6) is 0 Å². The Balaban J connectivity index is 2.35. The van der Waals surface area contributed by atoms with Gasteiger partial charge in [0.2, 0.25) is 0 Å². The molecule has 0 heterocycles. The molecule has 0 bridgehead atoms. The van der Waals surface area contributed by atoms with Crippen molar-refractivity contribution in [1.82, 2.24) is 5.32 Å². The highest BCUT2D eigenvalue weighted by Crippen LogP contribution is 2.47. The Morgan fingerprint density at radius 2 is 2.07 bits per heavy atom. The predicted octanol–water partition coefficient (Wildman–Crippen LogP) is 1.72. The summed E-state index contributed by atoms with van der Waals surface area (Å²) in [7, 11) is 1.56. The molecule has 0 atom stereocenters. The molecule has 1 aliphatic carbocycles. The molecule has 1 N–H and O–H groups in total. The molecule has 0 aromatic rings. The number of carbonyl (C=O) groups excluding carboxylic acids is 1. The first-order chi connectivity index (χ1) is 6.46. The predicted molar refractivity (Wildman–Crippen MR) is 56.1 cm³/mol. The normalized spacial score (nSPS) is 19.1. The minimum absolute atomic E-state index is 0.0141. The number of carbonyl (C=O) groups is 1. The van der Waals surface area contributed by atoms with Gasteiger partial charge in [0.25, 0.3) is 5.91 Å². The smallest absolute Gasteiger partial charge is 0.251 e. The van der Waals surface area contributed by atoms with Gasteiger partial charge in [0.1, 0.15) is 5.60 Å². The third-order valence-electron chi connectivity index (χ3n) is 3.39. The highest BCUT2D eigenvalue weighted by Gasteiger charge is 2.41. The first-order valence-electron chi connectivity index (χ1n) is 5.29. The second-order valence-electron chi connectivity index (χ2n) is 4.75. The Labute approximate surface area is 86.2 Å². The van der Waals surface area contributed by atoms with E-state index in [9.17, 15) is 4.79 Å². The van der Waals surface area contributed by atoms with Crippen molar-refractivity contribution in [2.24, 2.45) is 5.41 Å². The lowest BCUT2D eigenvalue weighted by atomic mass is 10.0. The minimum atomic E-state index is -0.705. The van der Waals surface area contributed by atoms with Crippen LogP contribution in [0.2, 0.25) is 0 Å². The van der Waals surface area contributed by atoms with Gasteiger partial charge in [0.05, 0.1) is 0 Å². The zero-order valence-electron chi connectivity index (χ0n) is 9.64. The van der Waals surface area contributed by atoms with Crippen molar-refractivity contribution in [2.45, 2.75) is 45.6 Å². The van der Waals surface area contributed by atoms with Crippen LogP contribution in [0.15, 0.2) is 0 Å². The van der Waals surface area contributed by atoms with Gasteiger partial charge in [0.15, 0.2) is 0 Å². The Bertz CT molecular complexity index is 219. The van der Waals surface area contributed by atoms with Gasteiger partial charge in [-0.2, -0.15) is 0 Å². The van der Waals surface area contributed by atoms with Gasteiger partial charge >= 0.3 is 0 Å². The summed E-state index contributed by atoms with van der Waals surface area (Å²) in [6.45, 7) is 6.55. The summed E-state index contributed by atoms with van der Waals surface area (Å²) in [6.07, 6.45) is 3.65. The quantitative estimate of drug-likeness (QED) is 0.732. The molecule has 0 aromatic heterocycles. The van der Waals surface area contributed by atoms with Gasteiger partial charge in [-0.05, 0) is 38.5 Å². The molecule has 1 aliphatic rings. The Morgan fingerprint density at radius 1 is 1.50 bits per heavy atom. The zero-order chi connectivity index (χ0) is 10.8. The van der Waals surface area contributed by atoms with E-state index in [0.29, 0.717) is 5.41 Å². The molecule has 1 fully saturated rings. The van der Waals surface area contributed by atoms with Crippen LogP contribution >= 0.6 is 0 Å². The lowest BCUT2D eigenvalue weighted by Gasteiger charge is -2.23. The first-order valence-corrected chi connectivity index (χ1v) is 5.29. The SMILES string of the molecule is CCC1(CNC(=O)C(C)(C)OC)CC1. The largest absolute Gasteiger partial charge is 0.369 e. The lowest BCUT2D eigenvalue weighted by Crippen LogP contribution is -2.45. The monoisotopic (exact) mass is 199 g/mol. The summed E-state index contributed by atoms with van der Waals surface area (Å²) in [5, 5.41) is 2.96. The van der Waals surface area contributed by atoms with Gasteiger partial charge in [-0.15, -0.1) is 0 Å². The maximum absolute atomic E-state index is 11.7. The minimum Gasteiger partial charge on any atom is -0.369 e. The summed E-state index contributed by atoms with van der Waals surface area (Å²) in [5.41, 5.74) is -0.302. The number of hydrogen-bond acceptors (Lipinski definition) is 2. The van der Waals surface area contributed by atoms with Crippen molar-refractivity contribution < 1.29 is 9.53 Å². The zero-order valence-corrected chi connectivity index (χ0v) is 9.64. The Hall–Kier alpha value is -0.570. The van der Waals surface area contributed by atoms with Gasteiger partial charge < -0.3 is 10.1 Å². The van der Waals surface area contributed by atoms with E-state index in [1.807, 2.05) is 0 Å². The molecule has 1 rings (SSSR count). The third kappa shape index (κ3) is 2.47. The van der Waals surface area contributed by atoms with Gasteiger partial charge in [-0.25, -0.2) is 0 Å². The van der Waals surface area contributed by atoms with Crippen molar-refractivity contribution in [1.29, 1.82) is 0 Å². The fourth-order valence-electron chi connectivity index (χ4n) is 1.41. The van der Waals surface area contributed by atoms with E-state index in [1.165, 1.54) is 12.8 Å². The van der Waals surface area contributed by atoms with E-state index in [2.05, 4.69) is 12.2 Å². The van der Waals surface area contributed by atoms with Crippen LogP contribution in [0.25, 0.3) is 0 Å². The number of methoxy groups -OCH3 is 1. The molecular weight excluding hydrogens is 178 g/mol. The summed E-state index contributed by atoms with van der Waals surface area (Å²) < 4.78 is 5.11.